The molecule has 4 heterocycles. The molecule has 0 bridgehead atoms. The molecule has 0 N–H and O–H groups in total. The average molecular weight is 748 g/mol. The van der Waals surface area contributed by atoms with E-state index in [0.29, 0.717) is 33.0 Å². The Balaban J connectivity index is 1.15. The number of likely N-dealkylation sites (tertiary alicyclic amines) is 1. The first-order valence-corrected chi connectivity index (χ1v) is 19.5. The van der Waals surface area contributed by atoms with Gasteiger partial charge >= 0.3 is 0 Å². The minimum atomic E-state index is -0.806. The van der Waals surface area contributed by atoms with Gasteiger partial charge in [-0.05, 0) is 49.9 Å². The average Bonchev–Trinajstić information content (AvgIpc) is 3.79. The number of ether oxygens (including phenoxy) is 8. The number of nitrogens with zero attached hydrogens (tertiary/aromatic N) is 1. The van der Waals surface area contributed by atoms with Crippen molar-refractivity contribution in [3.63, 3.8) is 0 Å². The Morgan fingerprint density at radius 3 is 1.64 bits per heavy atom. The molecule has 55 heavy (non-hydrogen) atoms. The monoisotopic (exact) mass is 747 g/mol. The smallest absolute Gasteiger partial charge is 0.190 e. The second-order valence-corrected chi connectivity index (χ2v) is 15.8. The predicted octanol–water partition coefficient (Wildman–Crippen LogP) is 7.58. The SMILES string of the molecule is CC1(C)OC2C3OC(C)(C)O[C@H]3C(C=C[C@@H]3C(OCc4ccccc4)C(OCc4ccccc4)[C@H](COCc4ccccc4)N3Cc3ccccc3)O[C@@H]2O1. The highest BCUT2D eigenvalue weighted by atomic mass is 16.9. The summed E-state index contributed by atoms with van der Waals surface area (Å²) in [6.45, 7) is 10.1. The molecule has 4 aliphatic heterocycles. The Morgan fingerprint density at radius 1 is 0.545 bits per heavy atom. The lowest BCUT2D eigenvalue weighted by Crippen LogP contribution is -2.54. The van der Waals surface area contributed by atoms with Gasteiger partial charge in [-0.2, -0.15) is 0 Å². The van der Waals surface area contributed by atoms with Crippen LogP contribution in [0.1, 0.15) is 49.9 Å². The van der Waals surface area contributed by atoms with Crippen LogP contribution < -0.4 is 0 Å². The van der Waals surface area contributed by atoms with Gasteiger partial charge in [-0.1, -0.05) is 133 Å². The van der Waals surface area contributed by atoms with Crippen molar-refractivity contribution >= 4 is 0 Å². The number of fused-ring (bicyclic) bond motifs is 3. The first-order chi connectivity index (χ1) is 26.7. The molecule has 9 atom stereocenters. The maximum Gasteiger partial charge on any atom is 0.190 e. The van der Waals surface area contributed by atoms with Crippen molar-refractivity contribution in [2.24, 2.45) is 0 Å². The summed E-state index contributed by atoms with van der Waals surface area (Å²) in [5, 5.41) is 0. The van der Waals surface area contributed by atoms with Crippen LogP contribution >= 0.6 is 0 Å². The Morgan fingerprint density at radius 2 is 1.04 bits per heavy atom. The third-order valence-corrected chi connectivity index (χ3v) is 10.7. The highest BCUT2D eigenvalue weighted by Crippen LogP contribution is 2.45. The van der Waals surface area contributed by atoms with Crippen molar-refractivity contribution in [3.05, 3.63) is 156 Å². The van der Waals surface area contributed by atoms with Crippen LogP contribution in [0.5, 0.6) is 0 Å². The fraction of sp³-hybridized carbons (Fsp3) is 0.435. The van der Waals surface area contributed by atoms with E-state index in [1.165, 1.54) is 5.56 Å². The van der Waals surface area contributed by atoms with Crippen LogP contribution in [0.15, 0.2) is 133 Å². The molecular formula is C46H53NO8. The molecule has 0 radical (unpaired) electrons. The molecular weight excluding hydrogens is 695 g/mol. The molecule has 5 unspecified atom stereocenters. The number of hydrogen-bond acceptors (Lipinski definition) is 9. The Labute approximate surface area is 325 Å². The molecule has 290 valence electrons. The van der Waals surface area contributed by atoms with E-state index in [9.17, 15) is 0 Å². The largest absolute Gasteiger partial charge is 0.375 e. The van der Waals surface area contributed by atoms with E-state index in [-0.39, 0.29) is 30.4 Å². The molecule has 9 nitrogen and oxygen atoms in total. The second-order valence-electron chi connectivity index (χ2n) is 15.8. The molecule has 4 saturated heterocycles. The topological polar surface area (TPSA) is 77.1 Å². The molecule has 8 rings (SSSR count). The molecule has 0 aliphatic carbocycles. The minimum absolute atomic E-state index is 0.148. The van der Waals surface area contributed by atoms with Crippen LogP contribution in [-0.4, -0.2) is 78.1 Å². The van der Waals surface area contributed by atoms with Crippen molar-refractivity contribution in [2.75, 3.05) is 6.61 Å². The van der Waals surface area contributed by atoms with E-state index in [0.717, 1.165) is 16.7 Å². The normalized spacial score (nSPS) is 31.1. The summed E-state index contributed by atoms with van der Waals surface area (Å²) in [6.07, 6.45) is 1.41. The standard InChI is InChI=1S/C46H53NO8/c1-45(2)52-41-38(51-44-43(42(41)53-45)54-46(3,4)55-44)26-25-36-39(49-29-34-21-13-7-14-22-34)40(50-30-35-23-15-8-16-24-35)37(31-48-28-33-19-11-6-12-20-33)47(36)27-32-17-9-5-10-18-32/h5-26,36-44H,27-31H2,1-4H3/t36-,37+,38?,39?,40?,41+,42?,43?,44-/m1/s1. The molecule has 4 aliphatic rings. The lowest BCUT2D eigenvalue weighted by Gasteiger charge is -2.36. The Bertz CT molecular complexity index is 1820. The maximum atomic E-state index is 7.01. The van der Waals surface area contributed by atoms with E-state index >= 15 is 0 Å². The van der Waals surface area contributed by atoms with E-state index in [1.807, 2.05) is 88.4 Å². The Kier molecular flexibility index (Phi) is 11.6. The molecule has 4 fully saturated rings. The number of hydrogen-bond donors (Lipinski definition) is 0. The van der Waals surface area contributed by atoms with Crippen molar-refractivity contribution < 1.29 is 37.9 Å². The van der Waals surface area contributed by atoms with Crippen LogP contribution in [0.4, 0.5) is 0 Å². The molecule has 4 aromatic carbocycles. The summed E-state index contributed by atoms with van der Waals surface area (Å²) in [4.78, 5) is 2.47. The van der Waals surface area contributed by atoms with Gasteiger partial charge in [0.2, 0.25) is 0 Å². The minimum Gasteiger partial charge on any atom is -0.375 e. The van der Waals surface area contributed by atoms with Crippen LogP contribution in [0, 0.1) is 0 Å². The second kappa shape index (κ2) is 16.8. The summed E-state index contributed by atoms with van der Waals surface area (Å²) >= 11 is 0. The van der Waals surface area contributed by atoms with Crippen LogP contribution in [0.25, 0.3) is 0 Å². The van der Waals surface area contributed by atoms with Gasteiger partial charge in [0.1, 0.15) is 36.6 Å². The highest BCUT2D eigenvalue weighted by molar-refractivity contribution is 5.21. The third kappa shape index (κ3) is 9.13. The van der Waals surface area contributed by atoms with Crippen molar-refractivity contribution in [1.29, 1.82) is 0 Å². The Hall–Kier alpha value is -3.74. The van der Waals surface area contributed by atoms with Crippen molar-refractivity contribution in [2.45, 2.75) is 121 Å². The molecule has 0 amide bonds. The number of rotatable bonds is 14. The first-order valence-electron chi connectivity index (χ1n) is 19.5. The van der Waals surface area contributed by atoms with Crippen molar-refractivity contribution in [3.8, 4) is 0 Å². The van der Waals surface area contributed by atoms with E-state index in [4.69, 9.17) is 37.9 Å². The van der Waals surface area contributed by atoms with Gasteiger partial charge < -0.3 is 37.9 Å². The summed E-state index contributed by atoms with van der Waals surface area (Å²) in [5.74, 6) is -1.61. The van der Waals surface area contributed by atoms with E-state index in [1.54, 1.807) is 0 Å². The zero-order valence-corrected chi connectivity index (χ0v) is 32.1. The fourth-order valence-electron chi connectivity index (χ4n) is 8.26. The van der Waals surface area contributed by atoms with E-state index in [2.05, 4.69) is 77.7 Å². The summed E-state index contributed by atoms with van der Waals surface area (Å²) in [6, 6.07) is 41.1. The summed E-state index contributed by atoms with van der Waals surface area (Å²) in [7, 11) is 0. The predicted molar refractivity (Wildman–Crippen MR) is 207 cm³/mol. The molecule has 0 saturated carbocycles. The van der Waals surface area contributed by atoms with Gasteiger partial charge in [-0.3, -0.25) is 4.90 Å². The van der Waals surface area contributed by atoms with Crippen LogP contribution in [-0.2, 0) is 64.3 Å². The van der Waals surface area contributed by atoms with Gasteiger partial charge in [0.25, 0.3) is 0 Å². The van der Waals surface area contributed by atoms with Gasteiger partial charge in [0, 0.05) is 6.54 Å². The lowest BCUT2D eigenvalue weighted by molar-refractivity contribution is -0.222. The molecule has 4 aromatic rings. The summed E-state index contributed by atoms with van der Waals surface area (Å²) < 4.78 is 52.7. The van der Waals surface area contributed by atoms with Gasteiger partial charge in [0.05, 0.1) is 38.5 Å². The van der Waals surface area contributed by atoms with Gasteiger partial charge in [0.15, 0.2) is 17.9 Å². The van der Waals surface area contributed by atoms with Gasteiger partial charge in [-0.25, -0.2) is 0 Å². The number of benzene rings is 4. The van der Waals surface area contributed by atoms with Crippen LogP contribution in [0.3, 0.4) is 0 Å². The maximum absolute atomic E-state index is 7.01. The lowest BCUT2D eigenvalue weighted by atomic mass is 9.97. The fourth-order valence-corrected chi connectivity index (χ4v) is 8.26. The zero-order valence-electron chi connectivity index (χ0n) is 32.1. The zero-order chi connectivity index (χ0) is 37.8. The molecule has 0 aromatic heterocycles. The first kappa shape index (κ1) is 38.1. The summed E-state index contributed by atoms with van der Waals surface area (Å²) in [5.41, 5.74) is 4.50. The molecule has 9 heteroatoms. The van der Waals surface area contributed by atoms with Crippen LogP contribution in [0.2, 0.25) is 0 Å². The molecule has 0 spiro atoms. The van der Waals surface area contributed by atoms with Crippen molar-refractivity contribution in [1.82, 2.24) is 4.90 Å². The highest BCUT2D eigenvalue weighted by Gasteiger charge is 2.60. The van der Waals surface area contributed by atoms with E-state index < -0.39 is 36.2 Å². The third-order valence-electron chi connectivity index (χ3n) is 10.7. The van der Waals surface area contributed by atoms with Gasteiger partial charge in [-0.15, -0.1) is 0 Å². The quantitative estimate of drug-likeness (QED) is 0.121.